The molecule has 0 radical (unpaired) electrons. The molecule has 1 aliphatic rings. The van der Waals surface area contributed by atoms with Gasteiger partial charge in [-0.05, 0) is 36.7 Å². The number of aromatic nitrogens is 5. The Hall–Kier alpha value is -1.82. The van der Waals surface area contributed by atoms with E-state index < -0.39 is 0 Å². The molecule has 0 amide bonds. The van der Waals surface area contributed by atoms with Crippen LogP contribution in [0, 0.1) is 0 Å². The SMILES string of the molecule is c1cc(-n2nnc(C3CCCNC3)n2)ccn1. The first-order valence-electron chi connectivity index (χ1n) is 5.84. The van der Waals surface area contributed by atoms with Gasteiger partial charge in [-0.1, -0.05) is 0 Å². The molecule has 1 saturated heterocycles. The highest BCUT2D eigenvalue weighted by Crippen LogP contribution is 2.19. The average molecular weight is 230 g/mol. The summed E-state index contributed by atoms with van der Waals surface area (Å²) in [5, 5.41) is 16.0. The van der Waals surface area contributed by atoms with Gasteiger partial charge in [0.1, 0.15) is 0 Å². The highest BCUT2D eigenvalue weighted by Gasteiger charge is 2.19. The zero-order valence-corrected chi connectivity index (χ0v) is 9.45. The van der Waals surface area contributed by atoms with Crippen LogP contribution in [0.1, 0.15) is 24.6 Å². The molecule has 1 aliphatic heterocycles. The van der Waals surface area contributed by atoms with E-state index in [-0.39, 0.29) is 0 Å². The number of nitrogens with zero attached hydrogens (tertiary/aromatic N) is 5. The summed E-state index contributed by atoms with van der Waals surface area (Å²) in [7, 11) is 0. The lowest BCUT2D eigenvalue weighted by atomic mass is 9.99. The van der Waals surface area contributed by atoms with Crippen molar-refractivity contribution in [2.75, 3.05) is 13.1 Å². The Morgan fingerprint density at radius 3 is 2.94 bits per heavy atom. The second-order valence-corrected chi connectivity index (χ2v) is 4.19. The highest BCUT2D eigenvalue weighted by atomic mass is 15.6. The summed E-state index contributed by atoms with van der Waals surface area (Å²) in [6.45, 7) is 2.04. The molecule has 0 bridgehead atoms. The minimum atomic E-state index is 0.388. The van der Waals surface area contributed by atoms with Gasteiger partial charge in [-0.15, -0.1) is 15.0 Å². The number of rotatable bonds is 2. The van der Waals surface area contributed by atoms with E-state index in [1.165, 1.54) is 6.42 Å². The van der Waals surface area contributed by atoms with Crippen molar-refractivity contribution in [2.24, 2.45) is 0 Å². The maximum absolute atomic E-state index is 4.43. The number of hydrogen-bond acceptors (Lipinski definition) is 5. The zero-order valence-electron chi connectivity index (χ0n) is 9.45. The fourth-order valence-corrected chi connectivity index (χ4v) is 2.05. The molecule has 0 aromatic carbocycles. The van der Waals surface area contributed by atoms with Crippen LogP contribution >= 0.6 is 0 Å². The van der Waals surface area contributed by atoms with Gasteiger partial charge in [0.2, 0.25) is 0 Å². The molecule has 1 N–H and O–H groups in total. The summed E-state index contributed by atoms with van der Waals surface area (Å²) < 4.78 is 0. The minimum Gasteiger partial charge on any atom is -0.316 e. The number of nitrogens with one attached hydrogen (secondary N) is 1. The van der Waals surface area contributed by atoms with Crippen LogP contribution in [-0.4, -0.2) is 38.3 Å². The van der Waals surface area contributed by atoms with Crippen LogP contribution in [0.5, 0.6) is 0 Å². The normalized spacial score (nSPS) is 20.4. The molecule has 6 nitrogen and oxygen atoms in total. The number of piperidine rings is 1. The Kier molecular flexibility index (Phi) is 2.79. The van der Waals surface area contributed by atoms with Gasteiger partial charge in [-0.2, -0.15) is 0 Å². The first kappa shape index (κ1) is 10.3. The van der Waals surface area contributed by atoms with E-state index in [1.54, 1.807) is 17.2 Å². The third-order valence-electron chi connectivity index (χ3n) is 2.98. The van der Waals surface area contributed by atoms with Gasteiger partial charge in [0.25, 0.3) is 0 Å². The van der Waals surface area contributed by atoms with E-state index in [0.29, 0.717) is 5.92 Å². The smallest absolute Gasteiger partial charge is 0.179 e. The molecule has 3 heterocycles. The van der Waals surface area contributed by atoms with E-state index in [9.17, 15) is 0 Å². The molecule has 0 spiro atoms. The minimum absolute atomic E-state index is 0.388. The standard InChI is InChI=1S/C11H14N6/c1-2-9(8-13-5-1)11-14-16-17(15-11)10-3-6-12-7-4-10/h3-4,6-7,9,13H,1-2,5,8H2. The molecule has 2 aromatic rings. The van der Waals surface area contributed by atoms with Crippen molar-refractivity contribution < 1.29 is 0 Å². The van der Waals surface area contributed by atoms with E-state index >= 15 is 0 Å². The molecule has 0 saturated carbocycles. The van der Waals surface area contributed by atoms with Crippen molar-refractivity contribution in [3.05, 3.63) is 30.4 Å². The maximum Gasteiger partial charge on any atom is 0.179 e. The second kappa shape index (κ2) is 4.58. The summed E-state index contributed by atoms with van der Waals surface area (Å²) in [5.74, 6) is 1.22. The van der Waals surface area contributed by atoms with Crippen molar-refractivity contribution in [2.45, 2.75) is 18.8 Å². The Morgan fingerprint density at radius 1 is 1.29 bits per heavy atom. The van der Waals surface area contributed by atoms with Crippen LogP contribution in [0.4, 0.5) is 0 Å². The van der Waals surface area contributed by atoms with Gasteiger partial charge in [-0.25, -0.2) is 0 Å². The Bertz CT molecular complexity index is 474. The molecule has 6 heteroatoms. The molecular weight excluding hydrogens is 216 g/mol. The summed E-state index contributed by atoms with van der Waals surface area (Å²) in [5.41, 5.74) is 0.891. The van der Waals surface area contributed by atoms with Crippen molar-refractivity contribution in [1.82, 2.24) is 30.5 Å². The fourth-order valence-electron chi connectivity index (χ4n) is 2.05. The van der Waals surface area contributed by atoms with Gasteiger partial charge in [0.05, 0.1) is 5.69 Å². The summed E-state index contributed by atoms with van der Waals surface area (Å²) in [6, 6.07) is 3.73. The van der Waals surface area contributed by atoms with Crippen molar-refractivity contribution in [3.63, 3.8) is 0 Å². The third-order valence-corrected chi connectivity index (χ3v) is 2.98. The molecule has 2 aromatic heterocycles. The monoisotopic (exact) mass is 230 g/mol. The predicted octanol–water partition coefficient (Wildman–Crippen LogP) is 0.524. The summed E-state index contributed by atoms with van der Waals surface area (Å²) in [6.07, 6.45) is 5.75. The van der Waals surface area contributed by atoms with Crippen LogP contribution in [0.15, 0.2) is 24.5 Å². The van der Waals surface area contributed by atoms with E-state index in [2.05, 4.69) is 25.7 Å². The van der Waals surface area contributed by atoms with Crippen LogP contribution in [0.25, 0.3) is 5.69 Å². The molecule has 1 unspecified atom stereocenters. The lowest BCUT2D eigenvalue weighted by Gasteiger charge is -2.19. The van der Waals surface area contributed by atoms with Crippen molar-refractivity contribution in [3.8, 4) is 5.69 Å². The molecular formula is C11H14N6. The first-order chi connectivity index (χ1) is 8.43. The summed E-state index contributed by atoms with van der Waals surface area (Å²) >= 11 is 0. The topological polar surface area (TPSA) is 68.5 Å². The zero-order chi connectivity index (χ0) is 11.5. The molecule has 1 atom stereocenters. The average Bonchev–Trinajstić information content (AvgIpc) is 2.90. The Balaban J connectivity index is 1.83. The molecule has 17 heavy (non-hydrogen) atoms. The molecule has 3 rings (SSSR count). The number of pyridine rings is 1. The van der Waals surface area contributed by atoms with Gasteiger partial charge in [0, 0.05) is 24.9 Å². The maximum atomic E-state index is 4.43. The Morgan fingerprint density at radius 2 is 2.18 bits per heavy atom. The van der Waals surface area contributed by atoms with E-state index in [1.807, 2.05) is 12.1 Å². The van der Waals surface area contributed by atoms with Crippen LogP contribution in [-0.2, 0) is 0 Å². The molecule has 88 valence electrons. The third kappa shape index (κ3) is 2.16. The second-order valence-electron chi connectivity index (χ2n) is 4.19. The Labute approximate surface area is 99.1 Å². The van der Waals surface area contributed by atoms with Crippen LogP contribution < -0.4 is 5.32 Å². The van der Waals surface area contributed by atoms with E-state index in [4.69, 9.17) is 0 Å². The van der Waals surface area contributed by atoms with Gasteiger partial charge in [-0.3, -0.25) is 4.98 Å². The number of hydrogen-bond donors (Lipinski definition) is 1. The fraction of sp³-hybridized carbons (Fsp3) is 0.455. The highest BCUT2D eigenvalue weighted by molar-refractivity contribution is 5.25. The molecule has 1 fully saturated rings. The number of tetrazole rings is 1. The van der Waals surface area contributed by atoms with Crippen molar-refractivity contribution in [1.29, 1.82) is 0 Å². The lowest BCUT2D eigenvalue weighted by molar-refractivity contribution is 0.446. The van der Waals surface area contributed by atoms with Crippen molar-refractivity contribution >= 4 is 0 Å². The first-order valence-corrected chi connectivity index (χ1v) is 5.84. The molecule has 0 aliphatic carbocycles. The summed E-state index contributed by atoms with van der Waals surface area (Å²) in [4.78, 5) is 5.53. The van der Waals surface area contributed by atoms with Crippen LogP contribution in [0.3, 0.4) is 0 Å². The van der Waals surface area contributed by atoms with Gasteiger partial charge >= 0.3 is 0 Å². The quantitative estimate of drug-likeness (QED) is 0.814. The lowest BCUT2D eigenvalue weighted by Crippen LogP contribution is -2.29. The predicted molar refractivity (Wildman–Crippen MR) is 61.8 cm³/mol. The van der Waals surface area contributed by atoms with Gasteiger partial charge < -0.3 is 5.32 Å². The van der Waals surface area contributed by atoms with E-state index in [0.717, 1.165) is 31.0 Å². The van der Waals surface area contributed by atoms with Crippen LogP contribution in [0.2, 0.25) is 0 Å². The van der Waals surface area contributed by atoms with Gasteiger partial charge in [0.15, 0.2) is 5.82 Å². The largest absolute Gasteiger partial charge is 0.316 e.